The Hall–Kier alpha value is -0.680. The molecule has 0 amide bonds. The minimum absolute atomic E-state index is 0.0491. The summed E-state index contributed by atoms with van der Waals surface area (Å²) in [4.78, 5) is 25.7. The zero-order valence-corrected chi connectivity index (χ0v) is 22.6. The van der Waals surface area contributed by atoms with Gasteiger partial charge in [0.1, 0.15) is 9.34 Å². The maximum Gasteiger partial charge on any atom is 0.338 e. The van der Waals surface area contributed by atoms with Gasteiger partial charge in [-0.15, -0.1) is 0 Å². The molecule has 1 spiro atoms. The highest BCUT2D eigenvalue weighted by atomic mass is 79.9. The number of carbonyl (C=O) groups excluding carboxylic acids is 2. The van der Waals surface area contributed by atoms with Gasteiger partial charge in [-0.25, -0.2) is 4.79 Å². The Balaban J connectivity index is 1.18. The Morgan fingerprint density at radius 3 is 2.55 bits per heavy atom. The van der Waals surface area contributed by atoms with E-state index >= 15 is 0 Å². The number of esters is 1. The SMILES string of the molecule is C[C@]12CC[C@@H](OC(=O)c3ccccc3)C[C@@H]1CCC1C3CC[C@@H]4C(=O)C(Br)(Br)C[C@]34CCC12. The Labute approximate surface area is 214 Å². The van der Waals surface area contributed by atoms with E-state index in [4.69, 9.17) is 4.74 Å². The number of halogens is 2. The molecule has 5 saturated carbocycles. The zero-order chi connectivity index (χ0) is 23.0. The summed E-state index contributed by atoms with van der Waals surface area (Å²) in [6.45, 7) is 2.55. The van der Waals surface area contributed by atoms with Crippen LogP contribution in [0.2, 0.25) is 0 Å². The van der Waals surface area contributed by atoms with Gasteiger partial charge in [-0.1, -0.05) is 57.0 Å². The second-order valence-electron chi connectivity index (χ2n) is 12.0. The maximum absolute atomic E-state index is 13.1. The first-order valence-corrected chi connectivity index (χ1v) is 14.5. The number of alkyl halides is 2. The third-order valence-corrected chi connectivity index (χ3v) is 12.2. The highest BCUT2D eigenvalue weighted by molar-refractivity contribution is 9.26. The highest BCUT2D eigenvalue weighted by Gasteiger charge is 2.69. The number of ether oxygens (including phenoxy) is 1. The van der Waals surface area contributed by atoms with Gasteiger partial charge in [-0.05, 0) is 111 Å². The number of fused-ring (bicyclic) bond motifs is 4. The largest absolute Gasteiger partial charge is 0.459 e. The van der Waals surface area contributed by atoms with Gasteiger partial charge >= 0.3 is 5.97 Å². The Morgan fingerprint density at radius 2 is 1.76 bits per heavy atom. The average molecular weight is 578 g/mol. The number of hydrogen-bond acceptors (Lipinski definition) is 3. The standard InChI is InChI=1S/C28H34Br2O3/c1-26-13-11-19(33-25(32)17-5-3-2-4-6-17)15-18(26)7-8-20-21(26)12-14-27-16-28(29,30)24(31)23(27)10-9-22(20)27/h2-6,18-23H,7-16H2,1H3/t18-,19+,20?,21?,22?,23+,26-,27+/m0/s1. The first-order chi connectivity index (χ1) is 15.7. The summed E-state index contributed by atoms with van der Waals surface area (Å²) < 4.78 is 5.49. The lowest BCUT2D eigenvalue weighted by atomic mass is 9.44. The lowest BCUT2D eigenvalue weighted by molar-refractivity contribution is -0.134. The molecule has 0 aromatic heterocycles. The summed E-state index contributed by atoms with van der Waals surface area (Å²) in [6.07, 6.45) is 11.5. The number of ketones is 1. The molecular formula is C28H34Br2O3. The Morgan fingerprint density at radius 1 is 0.970 bits per heavy atom. The molecule has 0 radical (unpaired) electrons. The zero-order valence-electron chi connectivity index (χ0n) is 19.4. The van der Waals surface area contributed by atoms with Crippen LogP contribution < -0.4 is 0 Å². The summed E-state index contributed by atoms with van der Waals surface area (Å²) in [6, 6.07) is 9.41. The predicted molar refractivity (Wildman–Crippen MR) is 135 cm³/mol. The molecule has 0 N–H and O–H groups in total. The van der Waals surface area contributed by atoms with E-state index in [1.54, 1.807) is 0 Å². The van der Waals surface area contributed by atoms with Crippen molar-refractivity contribution in [2.24, 2.45) is 40.4 Å². The van der Waals surface area contributed by atoms with Crippen LogP contribution in [0.3, 0.4) is 0 Å². The van der Waals surface area contributed by atoms with Crippen molar-refractivity contribution in [1.82, 2.24) is 0 Å². The third-order valence-electron chi connectivity index (χ3n) is 10.8. The minimum Gasteiger partial charge on any atom is -0.459 e. The summed E-state index contributed by atoms with van der Waals surface area (Å²) in [7, 11) is 0. The molecule has 178 valence electrons. The summed E-state index contributed by atoms with van der Waals surface area (Å²) in [5.41, 5.74) is 1.22. The first-order valence-electron chi connectivity index (χ1n) is 12.9. The molecule has 0 bridgehead atoms. The summed E-state index contributed by atoms with van der Waals surface area (Å²) in [5, 5.41) is 0. The van der Waals surface area contributed by atoms with Crippen LogP contribution in [-0.2, 0) is 9.53 Å². The van der Waals surface area contributed by atoms with Crippen molar-refractivity contribution in [2.45, 2.75) is 80.5 Å². The van der Waals surface area contributed by atoms with E-state index < -0.39 is 3.23 Å². The normalized spacial score (nSPS) is 45.5. The van der Waals surface area contributed by atoms with Gasteiger partial charge < -0.3 is 4.74 Å². The van der Waals surface area contributed by atoms with E-state index in [0.717, 1.165) is 43.9 Å². The van der Waals surface area contributed by atoms with E-state index in [9.17, 15) is 9.59 Å². The van der Waals surface area contributed by atoms with Gasteiger partial charge in [0.2, 0.25) is 0 Å². The van der Waals surface area contributed by atoms with E-state index in [2.05, 4.69) is 38.8 Å². The molecule has 8 atom stereocenters. The van der Waals surface area contributed by atoms with Gasteiger partial charge in [0, 0.05) is 5.92 Å². The molecular weight excluding hydrogens is 544 g/mol. The van der Waals surface area contributed by atoms with Crippen LogP contribution in [-0.4, -0.2) is 21.1 Å². The van der Waals surface area contributed by atoms with Crippen LogP contribution in [0.15, 0.2) is 30.3 Å². The van der Waals surface area contributed by atoms with Gasteiger partial charge in [-0.2, -0.15) is 0 Å². The quantitative estimate of drug-likeness (QED) is 0.273. The monoisotopic (exact) mass is 576 g/mol. The summed E-state index contributed by atoms with van der Waals surface area (Å²) >= 11 is 7.49. The number of carbonyl (C=O) groups is 2. The van der Waals surface area contributed by atoms with Crippen LogP contribution in [0.25, 0.3) is 0 Å². The molecule has 0 saturated heterocycles. The van der Waals surface area contributed by atoms with Crippen LogP contribution in [0.4, 0.5) is 0 Å². The van der Waals surface area contributed by atoms with Crippen LogP contribution >= 0.6 is 31.9 Å². The molecule has 0 aliphatic heterocycles. The van der Waals surface area contributed by atoms with E-state index in [-0.39, 0.29) is 23.4 Å². The number of Topliss-reactive ketones (excluding diaryl/α,β-unsaturated/α-hetero) is 1. The highest BCUT2D eigenvalue weighted by Crippen LogP contribution is 2.73. The fourth-order valence-electron chi connectivity index (χ4n) is 9.42. The third kappa shape index (κ3) is 3.37. The van der Waals surface area contributed by atoms with Crippen LogP contribution in [0, 0.1) is 40.4 Å². The summed E-state index contributed by atoms with van der Waals surface area (Å²) in [5.74, 6) is 3.35. The van der Waals surface area contributed by atoms with Crippen molar-refractivity contribution < 1.29 is 14.3 Å². The average Bonchev–Trinajstić information content (AvgIpc) is 3.25. The fraction of sp³-hybridized carbons (Fsp3) is 0.714. The molecule has 3 unspecified atom stereocenters. The van der Waals surface area contributed by atoms with Crippen molar-refractivity contribution >= 4 is 43.6 Å². The van der Waals surface area contributed by atoms with Crippen molar-refractivity contribution in [2.75, 3.05) is 0 Å². The van der Waals surface area contributed by atoms with Gasteiger partial charge in [0.25, 0.3) is 0 Å². The molecule has 5 heteroatoms. The molecule has 6 rings (SSSR count). The second kappa shape index (κ2) is 7.91. The van der Waals surface area contributed by atoms with Crippen molar-refractivity contribution in [1.29, 1.82) is 0 Å². The molecule has 0 heterocycles. The molecule has 5 fully saturated rings. The minimum atomic E-state index is -0.488. The molecule has 1 aromatic rings. The molecule has 5 aliphatic rings. The topological polar surface area (TPSA) is 43.4 Å². The lowest BCUT2D eigenvalue weighted by Crippen LogP contribution is -2.54. The Bertz CT molecular complexity index is 961. The van der Waals surface area contributed by atoms with E-state index in [0.29, 0.717) is 28.6 Å². The number of benzene rings is 1. The van der Waals surface area contributed by atoms with E-state index in [1.165, 1.54) is 32.1 Å². The predicted octanol–water partition coefficient (Wildman–Crippen LogP) is 7.31. The molecule has 33 heavy (non-hydrogen) atoms. The first kappa shape index (κ1) is 22.8. The maximum atomic E-state index is 13.1. The smallest absolute Gasteiger partial charge is 0.338 e. The van der Waals surface area contributed by atoms with Crippen LogP contribution in [0.1, 0.15) is 81.5 Å². The van der Waals surface area contributed by atoms with E-state index in [1.807, 2.05) is 30.3 Å². The number of hydrogen-bond donors (Lipinski definition) is 0. The molecule has 5 aliphatic carbocycles. The van der Waals surface area contributed by atoms with Crippen molar-refractivity contribution in [3.63, 3.8) is 0 Å². The van der Waals surface area contributed by atoms with Crippen molar-refractivity contribution in [3.05, 3.63) is 35.9 Å². The number of rotatable bonds is 2. The van der Waals surface area contributed by atoms with Gasteiger partial charge in [0.05, 0.1) is 5.56 Å². The molecule has 1 aromatic carbocycles. The Kier molecular flexibility index (Phi) is 5.46. The lowest BCUT2D eigenvalue weighted by Gasteiger charge is -2.61. The van der Waals surface area contributed by atoms with Gasteiger partial charge in [0.15, 0.2) is 5.78 Å². The fourth-order valence-corrected chi connectivity index (χ4v) is 11.0. The molecule has 3 nitrogen and oxygen atoms in total. The van der Waals surface area contributed by atoms with Crippen molar-refractivity contribution in [3.8, 4) is 0 Å². The van der Waals surface area contributed by atoms with Gasteiger partial charge in [-0.3, -0.25) is 4.79 Å². The second-order valence-corrected chi connectivity index (χ2v) is 15.7. The van der Waals surface area contributed by atoms with Crippen LogP contribution in [0.5, 0.6) is 0 Å².